The zero-order valence-corrected chi connectivity index (χ0v) is 13.5. The fraction of sp³-hybridized carbons (Fsp3) is 0.786. The summed E-state index contributed by atoms with van der Waals surface area (Å²) in [6.45, 7) is 5.18. The molecule has 1 rings (SSSR count). The topological polar surface area (TPSA) is 73.6 Å². The number of rotatable bonds is 1. The molecule has 130 valence electrons. The van der Waals surface area contributed by atoms with Crippen LogP contribution in [0.4, 0.5) is 18.0 Å². The van der Waals surface area contributed by atoms with Gasteiger partial charge in [0.1, 0.15) is 11.1 Å². The lowest BCUT2D eigenvalue weighted by Gasteiger charge is -2.42. The Bertz CT molecular complexity index is 512. The quantitative estimate of drug-likeness (QED) is 0.737. The molecule has 0 atom stereocenters. The average Bonchev–Trinajstić information content (AvgIpc) is 2.43. The number of hydrogen-bond donors (Lipinski definition) is 0. The summed E-state index contributed by atoms with van der Waals surface area (Å²) in [7, 11) is 0.960. The van der Waals surface area contributed by atoms with E-state index in [2.05, 4.69) is 0 Å². The Morgan fingerprint density at radius 2 is 1.70 bits per heavy atom. The Morgan fingerprint density at radius 1 is 1.22 bits per heavy atom. The van der Waals surface area contributed by atoms with Gasteiger partial charge in [0.25, 0.3) is 0 Å². The molecule has 0 N–H and O–H groups in total. The summed E-state index contributed by atoms with van der Waals surface area (Å²) in [6, 6.07) is 1.80. The van der Waals surface area contributed by atoms with E-state index in [1.807, 2.05) is 0 Å². The van der Waals surface area contributed by atoms with Gasteiger partial charge in [0.15, 0.2) is 0 Å². The molecular formula is C14H20F3N3O3. The highest BCUT2D eigenvalue weighted by Gasteiger charge is 2.50. The molecule has 23 heavy (non-hydrogen) atoms. The van der Waals surface area contributed by atoms with Crippen LogP contribution in [0.2, 0.25) is 0 Å². The van der Waals surface area contributed by atoms with E-state index < -0.39 is 29.3 Å². The maximum Gasteiger partial charge on any atom is 0.471 e. The van der Waals surface area contributed by atoms with Gasteiger partial charge in [-0.05, 0) is 20.8 Å². The van der Waals surface area contributed by atoms with Crippen LogP contribution in [0.1, 0.15) is 33.6 Å². The third kappa shape index (κ3) is 4.50. The van der Waals surface area contributed by atoms with E-state index in [1.165, 1.54) is 4.90 Å². The van der Waals surface area contributed by atoms with E-state index in [-0.39, 0.29) is 25.9 Å². The van der Waals surface area contributed by atoms with E-state index in [1.54, 1.807) is 26.8 Å². The fourth-order valence-corrected chi connectivity index (χ4v) is 2.29. The Balaban J connectivity index is 2.80. The maximum absolute atomic E-state index is 12.6. The monoisotopic (exact) mass is 335 g/mol. The molecule has 0 aliphatic carbocycles. The third-order valence-electron chi connectivity index (χ3n) is 3.64. The molecule has 0 unspecified atom stereocenters. The van der Waals surface area contributed by atoms with Crippen molar-refractivity contribution < 1.29 is 27.5 Å². The van der Waals surface area contributed by atoms with Gasteiger partial charge in [0.05, 0.1) is 6.07 Å². The van der Waals surface area contributed by atoms with Crippen molar-refractivity contribution in [2.75, 3.05) is 20.1 Å². The molecule has 1 heterocycles. The molecule has 0 radical (unpaired) electrons. The summed E-state index contributed by atoms with van der Waals surface area (Å²) in [5.74, 6) is -2.07. The molecule has 2 amide bonds. The molecule has 9 heteroatoms. The van der Waals surface area contributed by atoms with Gasteiger partial charge in [-0.1, -0.05) is 0 Å². The first-order valence-electron chi connectivity index (χ1n) is 7.06. The molecule has 0 saturated carbocycles. The zero-order chi connectivity index (χ0) is 18.1. The Labute approximate surface area is 132 Å². The molecule has 0 aromatic rings. The largest absolute Gasteiger partial charge is 0.471 e. The van der Waals surface area contributed by atoms with Crippen LogP contribution in [-0.2, 0) is 9.53 Å². The first kappa shape index (κ1) is 19.1. The highest BCUT2D eigenvalue weighted by molar-refractivity contribution is 5.82. The van der Waals surface area contributed by atoms with Crippen molar-refractivity contribution in [1.29, 1.82) is 5.26 Å². The number of likely N-dealkylation sites (tertiary alicyclic amines) is 1. The summed E-state index contributed by atoms with van der Waals surface area (Å²) in [5, 5.41) is 9.29. The minimum Gasteiger partial charge on any atom is -0.444 e. The van der Waals surface area contributed by atoms with Crippen LogP contribution in [0.15, 0.2) is 0 Å². The number of nitrogens with zero attached hydrogens (tertiary/aromatic N) is 3. The van der Waals surface area contributed by atoms with E-state index in [4.69, 9.17) is 4.74 Å². The van der Waals surface area contributed by atoms with Crippen molar-refractivity contribution in [2.45, 2.75) is 50.9 Å². The molecule has 0 spiro atoms. The van der Waals surface area contributed by atoms with Crippen molar-refractivity contribution in [2.24, 2.45) is 0 Å². The van der Waals surface area contributed by atoms with Gasteiger partial charge >= 0.3 is 18.2 Å². The second-order valence-electron chi connectivity index (χ2n) is 6.47. The number of amides is 2. The van der Waals surface area contributed by atoms with Gasteiger partial charge in [-0.25, -0.2) is 4.79 Å². The summed E-state index contributed by atoms with van der Waals surface area (Å²) in [4.78, 5) is 25.1. The van der Waals surface area contributed by atoms with Gasteiger partial charge in [-0.3, -0.25) is 4.79 Å². The third-order valence-corrected chi connectivity index (χ3v) is 3.64. The Hall–Kier alpha value is -1.98. The van der Waals surface area contributed by atoms with Gasteiger partial charge in [-0.15, -0.1) is 0 Å². The molecule has 0 aromatic heterocycles. The van der Waals surface area contributed by atoms with Crippen molar-refractivity contribution in [3.8, 4) is 6.07 Å². The average molecular weight is 335 g/mol. The standard InChI is InChI=1S/C14H20F3N3O3/c1-12(2,3)23-11(22)20-7-5-13(9-18,6-8-20)19(4)10(21)14(15,16)17/h5-8H2,1-4H3. The molecule has 1 aliphatic rings. The first-order chi connectivity index (χ1) is 10.3. The van der Waals surface area contributed by atoms with Gasteiger partial charge < -0.3 is 14.5 Å². The summed E-state index contributed by atoms with van der Waals surface area (Å²) < 4.78 is 42.9. The number of nitriles is 1. The second-order valence-corrected chi connectivity index (χ2v) is 6.47. The number of hydrogen-bond acceptors (Lipinski definition) is 4. The van der Waals surface area contributed by atoms with Gasteiger partial charge in [0.2, 0.25) is 0 Å². The predicted molar refractivity (Wildman–Crippen MR) is 74.2 cm³/mol. The number of piperidine rings is 1. The van der Waals surface area contributed by atoms with Crippen LogP contribution in [0.25, 0.3) is 0 Å². The molecule has 1 saturated heterocycles. The number of carbonyl (C=O) groups excluding carboxylic acids is 2. The Morgan fingerprint density at radius 3 is 2.04 bits per heavy atom. The van der Waals surface area contributed by atoms with Crippen LogP contribution < -0.4 is 0 Å². The highest BCUT2D eigenvalue weighted by atomic mass is 19.4. The molecule has 1 fully saturated rings. The molecule has 6 nitrogen and oxygen atoms in total. The highest BCUT2D eigenvalue weighted by Crippen LogP contribution is 2.31. The van der Waals surface area contributed by atoms with Crippen LogP contribution in [0, 0.1) is 11.3 Å². The lowest BCUT2D eigenvalue weighted by molar-refractivity contribution is -0.189. The molecule has 1 aliphatic heterocycles. The molecular weight excluding hydrogens is 315 g/mol. The molecule has 0 bridgehead atoms. The first-order valence-corrected chi connectivity index (χ1v) is 7.06. The SMILES string of the molecule is CN(C(=O)C(F)(F)F)C1(C#N)CCN(C(=O)OC(C)(C)C)CC1. The zero-order valence-electron chi connectivity index (χ0n) is 13.5. The summed E-state index contributed by atoms with van der Waals surface area (Å²) in [6.07, 6.45) is -5.77. The lowest BCUT2D eigenvalue weighted by atomic mass is 9.87. The van der Waals surface area contributed by atoms with Crippen molar-refractivity contribution >= 4 is 12.0 Å². The number of halogens is 3. The van der Waals surface area contributed by atoms with Crippen LogP contribution in [0.5, 0.6) is 0 Å². The van der Waals surface area contributed by atoms with Crippen LogP contribution in [0.3, 0.4) is 0 Å². The summed E-state index contributed by atoms with van der Waals surface area (Å²) >= 11 is 0. The van der Waals surface area contributed by atoms with Crippen molar-refractivity contribution in [1.82, 2.24) is 9.80 Å². The van der Waals surface area contributed by atoms with Crippen molar-refractivity contribution in [3.63, 3.8) is 0 Å². The van der Waals surface area contributed by atoms with Gasteiger partial charge in [-0.2, -0.15) is 18.4 Å². The maximum atomic E-state index is 12.6. The number of alkyl halides is 3. The lowest BCUT2D eigenvalue weighted by Crippen LogP contribution is -2.58. The Kier molecular flexibility index (Phi) is 5.19. The van der Waals surface area contributed by atoms with Crippen LogP contribution in [-0.4, -0.2) is 59.3 Å². The van der Waals surface area contributed by atoms with Crippen LogP contribution >= 0.6 is 0 Å². The smallest absolute Gasteiger partial charge is 0.444 e. The minimum absolute atomic E-state index is 0.0396. The normalized spacial score (nSPS) is 18.1. The number of ether oxygens (including phenoxy) is 1. The van der Waals surface area contributed by atoms with E-state index in [9.17, 15) is 28.0 Å². The summed E-state index contributed by atoms with van der Waals surface area (Å²) in [5.41, 5.74) is -2.27. The second kappa shape index (κ2) is 6.26. The molecule has 0 aromatic carbocycles. The number of carbonyl (C=O) groups is 2. The van der Waals surface area contributed by atoms with E-state index >= 15 is 0 Å². The predicted octanol–water partition coefficient (Wildman–Crippen LogP) is 2.30. The minimum atomic E-state index is -5.04. The van der Waals surface area contributed by atoms with E-state index in [0.717, 1.165) is 7.05 Å². The van der Waals surface area contributed by atoms with Gasteiger partial charge in [0, 0.05) is 33.0 Å². The van der Waals surface area contributed by atoms with Crippen molar-refractivity contribution in [3.05, 3.63) is 0 Å². The van der Waals surface area contributed by atoms with E-state index in [0.29, 0.717) is 4.90 Å². The fourth-order valence-electron chi connectivity index (χ4n) is 2.29.